The predicted octanol–water partition coefficient (Wildman–Crippen LogP) is -0.694. The summed E-state index contributed by atoms with van der Waals surface area (Å²) in [7, 11) is 0. The summed E-state index contributed by atoms with van der Waals surface area (Å²) in [4.78, 5) is 10.4. The van der Waals surface area contributed by atoms with Crippen LogP contribution in [0.3, 0.4) is 0 Å². The number of nitrogens with one attached hydrogen (secondary N) is 1. The third kappa shape index (κ3) is 5.06. The highest BCUT2D eigenvalue weighted by Gasteiger charge is 2.13. The molecule has 0 aliphatic heterocycles. The molecule has 0 aliphatic rings. The van der Waals surface area contributed by atoms with Crippen molar-refractivity contribution >= 4 is 18.6 Å². The molecule has 0 amide bonds. The number of carboxylic acid groups (broad SMARTS) is 1. The molecule has 0 aromatic heterocycles. The van der Waals surface area contributed by atoms with Crippen molar-refractivity contribution in [2.45, 2.75) is 19.0 Å². The molecule has 0 fully saturated rings. The summed E-state index contributed by atoms with van der Waals surface area (Å²) in [6, 6.07) is -0.624. The predicted molar refractivity (Wildman–Crippen MR) is 46.9 cm³/mol. The van der Waals surface area contributed by atoms with E-state index in [4.69, 9.17) is 10.8 Å². The molecule has 66 valence electrons. The molecule has 4 nitrogen and oxygen atoms in total. The SMILES string of the molecule is CC(N)CNC(CS)C(=O)O. The Labute approximate surface area is 71.6 Å². The molecule has 0 aliphatic carbocycles. The van der Waals surface area contributed by atoms with E-state index >= 15 is 0 Å². The Morgan fingerprint density at radius 1 is 1.82 bits per heavy atom. The quantitative estimate of drug-likeness (QED) is 0.420. The second kappa shape index (κ2) is 5.40. The molecule has 2 atom stereocenters. The van der Waals surface area contributed by atoms with Gasteiger partial charge in [-0.05, 0) is 6.92 Å². The molecule has 0 bridgehead atoms. The lowest BCUT2D eigenvalue weighted by Gasteiger charge is -2.12. The lowest BCUT2D eigenvalue weighted by atomic mass is 10.3. The summed E-state index contributed by atoms with van der Waals surface area (Å²) in [5, 5.41) is 11.3. The highest BCUT2D eigenvalue weighted by atomic mass is 32.1. The normalized spacial score (nSPS) is 15.9. The maximum atomic E-state index is 10.4. The van der Waals surface area contributed by atoms with Crippen LogP contribution in [0.5, 0.6) is 0 Å². The van der Waals surface area contributed by atoms with E-state index in [-0.39, 0.29) is 11.8 Å². The minimum atomic E-state index is -0.888. The van der Waals surface area contributed by atoms with E-state index in [1.165, 1.54) is 0 Å². The van der Waals surface area contributed by atoms with Gasteiger partial charge in [0, 0.05) is 18.3 Å². The Bertz CT molecular complexity index is 130. The van der Waals surface area contributed by atoms with Crippen LogP contribution in [0.2, 0.25) is 0 Å². The molecular formula is C6H14N2O2S. The van der Waals surface area contributed by atoms with Crippen molar-refractivity contribution in [3.63, 3.8) is 0 Å². The Kier molecular flexibility index (Phi) is 5.27. The van der Waals surface area contributed by atoms with Crippen molar-refractivity contribution in [1.82, 2.24) is 5.32 Å². The average molecular weight is 178 g/mol. The first kappa shape index (κ1) is 10.7. The minimum absolute atomic E-state index is 0.0308. The van der Waals surface area contributed by atoms with Crippen LogP contribution in [0.1, 0.15) is 6.92 Å². The first-order valence-electron chi connectivity index (χ1n) is 3.40. The van der Waals surface area contributed by atoms with Gasteiger partial charge in [-0.1, -0.05) is 0 Å². The van der Waals surface area contributed by atoms with E-state index in [1.54, 1.807) is 0 Å². The molecule has 0 aromatic rings. The largest absolute Gasteiger partial charge is 0.480 e. The van der Waals surface area contributed by atoms with Gasteiger partial charge in [0.25, 0.3) is 0 Å². The third-order valence-electron chi connectivity index (χ3n) is 1.17. The number of nitrogens with two attached hydrogens (primary N) is 1. The van der Waals surface area contributed by atoms with Crippen LogP contribution in [0.15, 0.2) is 0 Å². The summed E-state index contributed by atoms with van der Waals surface area (Å²) in [6.45, 7) is 2.31. The van der Waals surface area contributed by atoms with Crippen LogP contribution in [0.4, 0.5) is 0 Å². The van der Waals surface area contributed by atoms with Crippen LogP contribution < -0.4 is 11.1 Å². The standard InChI is InChI=1S/C6H14N2O2S/c1-4(7)2-8-5(3-11)6(9)10/h4-5,8,11H,2-3,7H2,1H3,(H,9,10). The fraction of sp³-hybridized carbons (Fsp3) is 0.833. The van der Waals surface area contributed by atoms with Crippen LogP contribution in [0, 0.1) is 0 Å². The summed E-state index contributed by atoms with van der Waals surface area (Å²) >= 11 is 3.87. The molecule has 4 N–H and O–H groups in total. The van der Waals surface area contributed by atoms with Gasteiger partial charge in [0.05, 0.1) is 0 Å². The van der Waals surface area contributed by atoms with E-state index in [0.717, 1.165) is 0 Å². The number of hydrogen-bond donors (Lipinski definition) is 4. The molecule has 0 spiro atoms. The summed E-state index contributed by atoms with van der Waals surface area (Å²) < 4.78 is 0. The minimum Gasteiger partial charge on any atom is -0.480 e. The molecule has 0 rings (SSSR count). The number of thiol groups is 1. The first-order valence-corrected chi connectivity index (χ1v) is 4.03. The van der Waals surface area contributed by atoms with Gasteiger partial charge in [-0.25, -0.2) is 0 Å². The van der Waals surface area contributed by atoms with Crippen LogP contribution in [-0.4, -0.2) is 35.5 Å². The lowest BCUT2D eigenvalue weighted by Crippen LogP contribution is -2.43. The van der Waals surface area contributed by atoms with Gasteiger partial charge < -0.3 is 16.2 Å². The number of carbonyl (C=O) groups is 1. The fourth-order valence-electron chi connectivity index (χ4n) is 0.558. The summed E-state index contributed by atoms with van der Waals surface area (Å²) in [5.74, 6) is -0.608. The maximum Gasteiger partial charge on any atom is 0.321 e. The maximum absolute atomic E-state index is 10.4. The highest BCUT2D eigenvalue weighted by molar-refractivity contribution is 7.80. The summed E-state index contributed by atoms with van der Waals surface area (Å²) in [5.41, 5.74) is 5.42. The van der Waals surface area contributed by atoms with Crippen molar-refractivity contribution in [2.75, 3.05) is 12.3 Å². The first-order chi connectivity index (χ1) is 5.07. The molecule has 0 radical (unpaired) electrons. The third-order valence-corrected chi connectivity index (χ3v) is 1.53. The van der Waals surface area contributed by atoms with Crippen molar-refractivity contribution in [1.29, 1.82) is 0 Å². The molecule has 0 saturated carbocycles. The number of carboxylic acids is 1. The van der Waals surface area contributed by atoms with Crippen molar-refractivity contribution in [3.05, 3.63) is 0 Å². The van der Waals surface area contributed by atoms with Gasteiger partial charge in [-0.3, -0.25) is 4.79 Å². The average Bonchev–Trinajstić information content (AvgIpc) is 1.87. The molecule has 0 saturated heterocycles. The monoisotopic (exact) mass is 178 g/mol. The molecule has 5 heteroatoms. The van der Waals surface area contributed by atoms with E-state index in [9.17, 15) is 4.79 Å². The van der Waals surface area contributed by atoms with Gasteiger partial charge >= 0.3 is 5.97 Å². The van der Waals surface area contributed by atoms with E-state index in [2.05, 4.69) is 17.9 Å². The zero-order valence-corrected chi connectivity index (χ0v) is 7.34. The van der Waals surface area contributed by atoms with Gasteiger partial charge in [0.2, 0.25) is 0 Å². The zero-order valence-electron chi connectivity index (χ0n) is 6.45. The Hall–Kier alpha value is -0.260. The van der Waals surface area contributed by atoms with Crippen molar-refractivity contribution in [3.8, 4) is 0 Å². The number of rotatable bonds is 5. The molecule has 0 heterocycles. The Morgan fingerprint density at radius 2 is 2.36 bits per heavy atom. The van der Waals surface area contributed by atoms with E-state index in [1.807, 2.05) is 6.92 Å². The molecule has 0 aromatic carbocycles. The highest BCUT2D eigenvalue weighted by Crippen LogP contribution is 1.87. The molecule has 2 unspecified atom stereocenters. The van der Waals surface area contributed by atoms with Crippen LogP contribution in [0.25, 0.3) is 0 Å². The van der Waals surface area contributed by atoms with E-state index in [0.29, 0.717) is 6.54 Å². The summed E-state index contributed by atoms with van der Waals surface area (Å²) in [6.07, 6.45) is 0. The molecule has 11 heavy (non-hydrogen) atoms. The Morgan fingerprint density at radius 3 is 2.64 bits per heavy atom. The smallest absolute Gasteiger partial charge is 0.321 e. The van der Waals surface area contributed by atoms with E-state index < -0.39 is 12.0 Å². The van der Waals surface area contributed by atoms with Gasteiger partial charge in [-0.15, -0.1) is 0 Å². The van der Waals surface area contributed by atoms with Crippen LogP contribution >= 0.6 is 12.6 Å². The van der Waals surface area contributed by atoms with Gasteiger partial charge in [0.15, 0.2) is 0 Å². The number of aliphatic carboxylic acids is 1. The zero-order chi connectivity index (χ0) is 8.85. The van der Waals surface area contributed by atoms with Crippen LogP contribution in [-0.2, 0) is 4.79 Å². The second-order valence-electron chi connectivity index (χ2n) is 2.46. The Balaban J connectivity index is 3.61. The van der Waals surface area contributed by atoms with Crippen molar-refractivity contribution in [2.24, 2.45) is 5.73 Å². The lowest BCUT2D eigenvalue weighted by molar-refractivity contribution is -0.138. The van der Waals surface area contributed by atoms with Gasteiger partial charge in [0.1, 0.15) is 6.04 Å². The molecular weight excluding hydrogens is 164 g/mol. The number of hydrogen-bond acceptors (Lipinski definition) is 4. The fourth-order valence-corrected chi connectivity index (χ4v) is 0.843. The van der Waals surface area contributed by atoms with Crippen molar-refractivity contribution < 1.29 is 9.90 Å². The second-order valence-corrected chi connectivity index (χ2v) is 2.82. The van der Waals surface area contributed by atoms with Gasteiger partial charge in [-0.2, -0.15) is 12.6 Å². The topological polar surface area (TPSA) is 75.3 Å².